The summed E-state index contributed by atoms with van der Waals surface area (Å²) in [5.41, 5.74) is 2.40. The molecule has 1 saturated heterocycles. The Hall–Kier alpha value is -3.19. The number of aromatic nitrogens is 2. The molecule has 0 N–H and O–H groups in total. The van der Waals surface area contributed by atoms with Crippen LogP contribution < -0.4 is 4.74 Å². The maximum absolute atomic E-state index is 14.5. The second kappa shape index (κ2) is 10.6. The van der Waals surface area contributed by atoms with Crippen molar-refractivity contribution in [2.75, 3.05) is 13.2 Å². The second-order valence-corrected chi connectivity index (χ2v) is 8.13. The number of benzene rings is 2. The van der Waals surface area contributed by atoms with Gasteiger partial charge < -0.3 is 14.4 Å². The number of ether oxygens (including phenoxy) is 2. The molecule has 0 saturated carbocycles. The summed E-state index contributed by atoms with van der Waals surface area (Å²) in [6, 6.07) is 15.9. The predicted octanol–water partition coefficient (Wildman–Crippen LogP) is 5.28. The fourth-order valence-electron chi connectivity index (χ4n) is 4.10. The quantitative estimate of drug-likeness (QED) is 0.444. The molecular formula is C26H30FN3O3. The van der Waals surface area contributed by atoms with Gasteiger partial charge in [0.2, 0.25) is 11.8 Å². The van der Waals surface area contributed by atoms with Gasteiger partial charge in [0.1, 0.15) is 0 Å². The van der Waals surface area contributed by atoms with Gasteiger partial charge in [-0.2, -0.15) is 5.10 Å². The van der Waals surface area contributed by atoms with Crippen molar-refractivity contribution < 1.29 is 18.7 Å². The monoisotopic (exact) mass is 451 g/mol. The van der Waals surface area contributed by atoms with Crippen LogP contribution in [-0.2, 0) is 22.5 Å². The van der Waals surface area contributed by atoms with Gasteiger partial charge in [0, 0.05) is 19.6 Å². The molecule has 1 atom stereocenters. The molecule has 6 nitrogen and oxygen atoms in total. The topological polar surface area (TPSA) is 56.6 Å². The van der Waals surface area contributed by atoms with Crippen LogP contribution in [0.15, 0.2) is 54.6 Å². The normalized spacial score (nSPS) is 15.5. The SMILES string of the molecule is CCC(=O)N(Cc1c(CC)nn(-c2ccccc2)c1Oc1ccccc1F)CC1CCCO1. The van der Waals surface area contributed by atoms with Gasteiger partial charge in [-0.15, -0.1) is 0 Å². The lowest BCUT2D eigenvalue weighted by atomic mass is 10.1. The number of hydrogen-bond acceptors (Lipinski definition) is 4. The third-order valence-corrected chi connectivity index (χ3v) is 5.85. The summed E-state index contributed by atoms with van der Waals surface area (Å²) in [5, 5.41) is 4.79. The van der Waals surface area contributed by atoms with E-state index < -0.39 is 5.82 Å². The Kier molecular flexibility index (Phi) is 7.40. The van der Waals surface area contributed by atoms with E-state index in [4.69, 9.17) is 14.6 Å². The average molecular weight is 452 g/mol. The molecule has 1 aliphatic rings. The van der Waals surface area contributed by atoms with Crippen molar-refractivity contribution in [1.29, 1.82) is 0 Å². The summed E-state index contributed by atoms with van der Waals surface area (Å²) in [7, 11) is 0. The highest BCUT2D eigenvalue weighted by atomic mass is 19.1. The summed E-state index contributed by atoms with van der Waals surface area (Å²) in [6.45, 7) is 5.44. The van der Waals surface area contributed by atoms with Gasteiger partial charge in [0.25, 0.3) is 0 Å². The van der Waals surface area contributed by atoms with Crippen molar-refractivity contribution in [3.8, 4) is 17.3 Å². The fourth-order valence-corrected chi connectivity index (χ4v) is 4.10. The first-order valence-corrected chi connectivity index (χ1v) is 11.6. The molecule has 2 aromatic carbocycles. The Morgan fingerprint density at radius 1 is 1.18 bits per heavy atom. The Bertz CT molecular complexity index is 1080. The average Bonchev–Trinajstić information content (AvgIpc) is 3.48. The number of rotatable bonds is 9. The molecule has 1 aliphatic heterocycles. The molecule has 4 rings (SSSR count). The molecule has 7 heteroatoms. The van der Waals surface area contributed by atoms with Crippen molar-refractivity contribution in [3.63, 3.8) is 0 Å². The van der Waals surface area contributed by atoms with E-state index in [1.54, 1.807) is 22.9 Å². The van der Waals surface area contributed by atoms with Gasteiger partial charge in [-0.1, -0.05) is 44.2 Å². The summed E-state index contributed by atoms with van der Waals surface area (Å²) in [5.74, 6) is 0.121. The third kappa shape index (κ3) is 5.25. The highest BCUT2D eigenvalue weighted by molar-refractivity contribution is 5.76. The van der Waals surface area contributed by atoms with Crippen LogP contribution in [-0.4, -0.2) is 39.8 Å². The molecule has 2 heterocycles. The van der Waals surface area contributed by atoms with E-state index in [0.717, 1.165) is 36.4 Å². The van der Waals surface area contributed by atoms with Crippen molar-refractivity contribution in [3.05, 3.63) is 71.7 Å². The molecule has 0 aliphatic carbocycles. The first-order chi connectivity index (χ1) is 16.1. The minimum Gasteiger partial charge on any atom is -0.435 e. The van der Waals surface area contributed by atoms with Crippen molar-refractivity contribution >= 4 is 5.91 Å². The number of aryl methyl sites for hydroxylation is 1. The molecule has 1 fully saturated rings. The molecule has 1 unspecified atom stereocenters. The lowest BCUT2D eigenvalue weighted by Crippen LogP contribution is -2.36. The van der Waals surface area contributed by atoms with Crippen LogP contribution in [0.3, 0.4) is 0 Å². The van der Waals surface area contributed by atoms with E-state index in [-0.39, 0.29) is 17.8 Å². The smallest absolute Gasteiger partial charge is 0.228 e. The Morgan fingerprint density at radius 2 is 1.94 bits per heavy atom. The Labute approximate surface area is 193 Å². The number of para-hydroxylation sites is 2. The van der Waals surface area contributed by atoms with Crippen LogP contribution in [0.25, 0.3) is 5.69 Å². The summed E-state index contributed by atoms with van der Waals surface area (Å²) >= 11 is 0. The number of hydrogen-bond donors (Lipinski definition) is 0. The van der Waals surface area contributed by atoms with Gasteiger partial charge in [0.15, 0.2) is 11.6 Å². The molecule has 0 bridgehead atoms. The second-order valence-electron chi connectivity index (χ2n) is 8.13. The fraction of sp³-hybridized carbons (Fsp3) is 0.385. The first-order valence-electron chi connectivity index (χ1n) is 11.6. The number of carbonyl (C=O) groups is 1. The van der Waals surface area contributed by atoms with Crippen molar-refractivity contribution in [1.82, 2.24) is 14.7 Å². The first kappa shape index (κ1) is 23.0. The molecule has 3 aromatic rings. The standard InChI is InChI=1S/C26H30FN3O3/c1-3-23-21(18-29(25(31)4-2)17-20-13-10-16-32-20)26(33-24-15-9-8-14-22(24)27)30(28-23)19-11-6-5-7-12-19/h5-9,11-12,14-15,20H,3-4,10,13,16-18H2,1-2H3. The molecule has 1 aromatic heterocycles. The number of amides is 1. The van der Waals surface area contributed by atoms with Crippen LogP contribution in [0.1, 0.15) is 44.4 Å². The minimum atomic E-state index is -0.455. The maximum atomic E-state index is 14.5. The highest BCUT2D eigenvalue weighted by Crippen LogP contribution is 2.33. The van der Waals surface area contributed by atoms with Crippen molar-refractivity contribution in [2.24, 2.45) is 0 Å². The molecule has 174 valence electrons. The van der Waals surface area contributed by atoms with Gasteiger partial charge in [-0.25, -0.2) is 9.07 Å². The lowest BCUT2D eigenvalue weighted by molar-refractivity contribution is -0.133. The molecule has 1 amide bonds. The predicted molar refractivity (Wildman–Crippen MR) is 124 cm³/mol. The van der Waals surface area contributed by atoms with Crippen LogP contribution in [0, 0.1) is 5.82 Å². The third-order valence-electron chi connectivity index (χ3n) is 5.85. The van der Waals surface area contributed by atoms with E-state index in [9.17, 15) is 9.18 Å². The zero-order chi connectivity index (χ0) is 23.2. The number of halogens is 1. The Morgan fingerprint density at radius 3 is 2.61 bits per heavy atom. The maximum Gasteiger partial charge on any atom is 0.228 e. The highest BCUT2D eigenvalue weighted by Gasteiger charge is 2.27. The largest absolute Gasteiger partial charge is 0.435 e. The zero-order valence-electron chi connectivity index (χ0n) is 19.2. The van der Waals surface area contributed by atoms with E-state index in [2.05, 4.69) is 0 Å². The van der Waals surface area contributed by atoms with Crippen LogP contribution in [0.4, 0.5) is 4.39 Å². The van der Waals surface area contributed by atoms with Crippen LogP contribution >= 0.6 is 0 Å². The van der Waals surface area contributed by atoms with Gasteiger partial charge >= 0.3 is 0 Å². The summed E-state index contributed by atoms with van der Waals surface area (Å²) < 4.78 is 28.1. The molecule has 33 heavy (non-hydrogen) atoms. The van der Waals surface area contributed by atoms with E-state index in [1.165, 1.54) is 6.07 Å². The zero-order valence-corrected chi connectivity index (χ0v) is 19.2. The van der Waals surface area contributed by atoms with E-state index >= 15 is 0 Å². The molecule has 0 spiro atoms. The molecular weight excluding hydrogens is 421 g/mol. The number of carbonyl (C=O) groups excluding carboxylic acids is 1. The lowest BCUT2D eigenvalue weighted by Gasteiger charge is -2.25. The Balaban J connectivity index is 1.77. The summed E-state index contributed by atoms with van der Waals surface area (Å²) in [4.78, 5) is 14.7. The van der Waals surface area contributed by atoms with Crippen molar-refractivity contribution in [2.45, 2.75) is 52.2 Å². The molecule has 0 radical (unpaired) electrons. The summed E-state index contributed by atoms with van der Waals surface area (Å²) in [6.07, 6.45) is 3.02. The van der Waals surface area contributed by atoms with Crippen LogP contribution in [0.2, 0.25) is 0 Å². The van der Waals surface area contributed by atoms with Gasteiger partial charge in [-0.3, -0.25) is 4.79 Å². The van der Waals surface area contributed by atoms with Gasteiger partial charge in [-0.05, 0) is 43.5 Å². The van der Waals surface area contributed by atoms with E-state index in [0.29, 0.717) is 31.8 Å². The van der Waals surface area contributed by atoms with Gasteiger partial charge in [0.05, 0.1) is 29.6 Å². The number of nitrogens with zero attached hydrogens (tertiary/aromatic N) is 3. The van der Waals surface area contributed by atoms with E-state index in [1.807, 2.05) is 49.1 Å². The van der Waals surface area contributed by atoms with Crippen LogP contribution in [0.5, 0.6) is 11.6 Å². The minimum absolute atomic E-state index is 0.0330.